The van der Waals surface area contributed by atoms with Gasteiger partial charge in [-0.15, -0.1) is 11.3 Å². The van der Waals surface area contributed by atoms with E-state index in [0.29, 0.717) is 22.0 Å². The Bertz CT molecular complexity index is 1140. The average Bonchev–Trinajstić information content (AvgIpc) is 3.46. The summed E-state index contributed by atoms with van der Waals surface area (Å²) in [5.41, 5.74) is 3.37. The van der Waals surface area contributed by atoms with Crippen LogP contribution in [-0.2, 0) is 13.0 Å². The number of hydrogen-bond donors (Lipinski definition) is 2. The van der Waals surface area contributed by atoms with Gasteiger partial charge in [-0.25, -0.2) is 4.98 Å². The molecule has 0 saturated carbocycles. The van der Waals surface area contributed by atoms with E-state index in [1.807, 2.05) is 36.4 Å². The van der Waals surface area contributed by atoms with Gasteiger partial charge in [0.2, 0.25) is 0 Å². The van der Waals surface area contributed by atoms with E-state index in [-0.39, 0.29) is 12.0 Å². The van der Waals surface area contributed by atoms with Gasteiger partial charge in [0.15, 0.2) is 5.13 Å². The van der Waals surface area contributed by atoms with Gasteiger partial charge in [-0.1, -0.05) is 6.07 Å². The van der Waals surface area contributed by atoms with Crippen molar-refractivity contribution >= 4 is 28.1 Å². The first kappa shape index (κ1) is 20.5. The molecule has 0 radical (unpaired) electrons. The topological polar surface area (TPSA) is 90.3 Å². The number of thiazole rings is 1. The van der Waals surface area contributed by atoms with Gasteiger partial charge < -0.3 is 15.0 Å². The molecular weight excluding hydrogens is 422 g/mol. The monoisotopic (exact) mass is 445 g/mol. The van der Waals surface area contributed by atoms with Crippen LogP contribution < -0.4 is 20.3 Å². The lowest BCUT2D eigenvalue weighted by Gasteiger charge is -2.19. The third kappa shape index (κ3) is 4.44. The summed E-state index contributed by atoms with van der Waals surface area (Å²) in [6, 6.07) is 17.1. The van der Waals surface area contributed by atoms with E-state index in [1.165, 1.54) is 16.2 Å². The predicted molar refractivity (Wildman–Crippen MR) is 124 cm³/mol. The van der Waals surface area contributed by atoms with Crippen LogP contribution in [0, 0.1) is 11.3 Å². The smallest absolute Gasteiger partial charge is 0.257 e. The molecule has 1 aromatic heterocycles. The maximum absolute atomic E-state index is 12.8. The van der Waals surface area contributed by atoms with Crippen molar-refractivity contribution in [2.45, 2.75) is 25.5 Å². The second-order valence-corrected chi connectivity index (χ2v) is 9.01. The van der Waals surface area contributed by atoms with Crippen LogP contribution in [0.1, 0.15) is 32.9 Å². The molecule has 2 N–H and O–H groups in total. The number of aromatic nitrogens is 1. The normalized spacial score (nSPS) is 17.5. The van der Waals surface area contributed by atoms with Gasteiger partial charge in [0.1, 0.15) is 11.9 Å². The van der Waals surface area contributed by atoms with Gasteiger partial charge in [0.05, 0.1) is 23.9 Å². The maximum atomic E-state index is 12.8. The minimum atomic E-state index is -0.180. The number of anilines is 2. The Hall–Kier alpha value is -3.41. The number of amides is 1. The largest absolute Gasteiger partial charge is 0.488 e. The van der Waals surface area contributed by atoms with Crippen LogP contribution in [-0.4, -0.2) is 36.6 Å². The van der Waals surface area contributed by atoms with Gasteiger partial charge in [-0.05, 0) is 42.5 Å². The molecule has 32 heavy (non-hydrogen) atoms. The number of rotatable bonds is 5. The van der Waals surface area contributed by atoms with Crippen LogP contribution in [0.5, 0.6) is 5.75 Å². The lowest BCUT2D eigenvalue weighted by atomic mass is 10.2. The van der Waals surface area contributed by atoms with E-state index in [2.05, 4.69) is 26.6 Å². The molecule has 3 aromatic rings. The van der Waals surface area contributed by atoms with Crippen LogP contribution in [0.4, 0.5) is 10.8 Å². The van der Waals surface area contributed by atoms with E-state index in [1.54, 1.807) is 12.1 Å². The summed E-state index contributed by atoms with van der Waals surface area (Å²) in [6.07, 6.45) is 1.84. The van der Waals surface area contributed by atoms with Crippen LogP contribution in [0.2, 0.25) is 0 Å². The molecule has 2 aliphatic rings. The molecule has 0 bridgehead atoms. The first-order chi connectivity index (χ1) is 15.7. The number of ether oxygens (including phenoxy) is 1. The van der Waals surface area contributed by atoms with Crippen LogP contribution >= 0.6 is 11.3 Å². The SMILES string of the molecule is N#Cc1ccc(N2CC[C@@H](Oc3cccc(C(=O)Nc4nc5c(s4)CNCC5)c3)C2)cc1. The molecule has 0 unspecified atom stereocenters. The van der Waals surface area contributed by atoms with Crippen molar-refractivity contribution < 1.29 is 9.53 Å². The summed E-state index contributed by atoms with van der Waals surface area (Å²) in [5.74, 6) is 0.507. The van der Waals surface area contributed by atoms with Crippen molar-refractivity contribution in [3.63, 3.8) is 0 Å². The first-order valence-corrected chi connectivity index (χ1v) is 11.5. The fraction of sp³-hybridized carbons (Fsp3) is 0.292. The molecule has 1 amide bonds. The number of carbonyl (C=O) groups excluding carboxylic acids is 1. The van der Waals surface area contributed by atoms with Crippen LogP contribution in [0.25, 0.3) is 0 Å². The predicted octanol–water partition coefficient (Wildman–Crippen LogP) is 3.57. The highest BCUT2D eigenvalue weighted by Crippen LogP contribution is 2.27. The number of nitrogens with zero attached hydrogens (tertiary/aromatic N) is 3. The summed E-state index contributed by atoms with van der Waals surface area (Å²) in [7, 11) is 0. The minimum absolute atomic E-state index is 0.0436. The summed E-state index contributed by atoms with van der Waals surface area (Å²) < 4.78 is 6.18. The summed E-state index contributed by atoms with van der Waals surface area (Å²) in [5, 5.41) is 15.9. The van der Waals surface area contributed by atoms with Crippen LogP contribution in [0.15, 0.2) is 48.5 Å². The fourth-order valence-corrected chi connectivity index (χ4v) is 5.03. The van der Waals surface area contributed by atoms with Gasteiger partial charge >= 0.3 is 0 Å². The zero-order chi connectivity index (χ0) is 21.9. The maximum Gasteiger partial charge on any atom is 0.257 e. The highest BCUT2D eigenvalue weighted by molar-refractivity contribution is 7.15. The zero-order valence-corrected chi connectivity index (χ0v) is 18.3. The molecule has 1 atom stereocenters. The van der Waals surface area contributed by atoms with Crippen molar-refractivity contribution in [2.24, 2.45) is 0 Å². The van der Waals surface area contributed by atoms with Gasteiger partial charge in [-0.2, -0.15) is 5.26 Å². The summed E-state index contributed by atoms with van der Waals surface area (Å²) >= 11 is 1.53. The van der Waals surface area contributed by atoms with E-state index in [0.717, 1.165) is 50.4 Å². The van der Waals surface area contributed by atoms with E-state index < -0.39 is 0 Å². The number of nitrogens with one attached hydrogen (secondary N) is 2. The lowest BCUT2D eigenvalue weighted by molar-refractivity contribution is 0.102. The molecule has 0 aliphatic carbocycles. The Morgan fingerprint density at radius 2 is 2.16 bits per heavy atom. The summed E-state index contributed by atoms with van der Waals surface area (Å²) in [4.78, 5) is 20.8. The number of hydrogen-bond acceptors (Lipinski definition) is 7. The molecular formula is C24H23N5O2S. The molecule has 2 aliphatic heterocycles. The molecule has 1 fully saturated rings. The number of benzene rings is 2. The molecule has 162 valence electrons. The van der Waals surface area contributed by atoms with Gasteiger partial charge in [-0.3, -0.25) is 10.1 Å². The van der Waals surface area contributed by atoms with Crippen molar-refractivity contribution in [3.8, 4) is 11.8 Å². The molecule has 7 nitrogen and oxygen atoms in total. The standard InChI is InChI=1S/C24H23N5O2S/c25-13-16-4-6-18(7-5-16)29-11-9-20(15-29)31-19-3-1-2-17(12-19)23(30)28-24-27-21-8-10-26-14-22(21)32-24/h1-7,12,20,26H,8-11,14-15H2,(H,27,28,30)/t20-/m1/s1. The Labute approximate surface area is 190 Å². The second-order valence-electron chi connectivity index (χ2n) is 7.93. The molecule has 3 heterocycles. The highest BCUT2D eigenvalue weighted by Gasteiger charge is 2.24. The van der Waals surface area contributed by atoms with Gasteiger partial charge in [0.25, 0.3) is 5.91 Å². The Morgan fingerprint density at radius 1 is 1.28 bits per heavy atom. The highest BCUT2D eigenvalue weighted by atomic mass is 32.1. The number of carbonyl (C=O) groups is 1. The molecule has 1 saturated heterocycles. The second kappa shape index (κ2) is 8.99. The quantitative estimate of drug-likeness (QED) is 0.624. The van der Waals surface area contributed by atoms with E-state index in [9.17, 15) is 4.79 Å². The van der Waals surface area contributed by atoms with Crippen molar-refractivity contribution in [2.75, 3.05) is 29.9 Å². The number of nitriles is 1. The summed E-state index contributed by atoms with van der Waals surface area (Å²) in [6.45, 7) is 3.39. The molecule has 2 aromatic carbocycles. The van der Waals surface area contributed by atoms with Crippen molar-refractivity contribution in [1.82, 2.24) is 10.3 Å². The molecule has 0 spiro atoms. The Kier molecular flexibility index (Phi) is 5.75. The van der Waals surface area contributed by atoms with Gasteiger partial charge in [0, 0.05) is 48.6 Å². The third-order valence-corrected chi connectivity index (χ3v) is 6.74. The average molecular weight is 446 g/mol. The Balaban J connectivity index is 1.21. The van der Waals surface area contributed by atoms with Crippen molar-refractivity contribution in [3.05, 3.63) is 70.2 Å². The van der Waals surface area contributed by atoms with Crippen LogP contribution in [0.3, 0.4) is 0 Å². The number of fused-ring (bicyclic) bond motifs is 1. The Morgan fingerprint density at radius 3 is 2.97 bits per heavy atom. The molecule has 5 rings (SSSR count). The molecule has 8 heteroatoms. The minimum Gasteiger partial charge on any atom is -0.488 e. The van der Waals surface area contributed by atoms with Crippen molar-refractivity contribution in [1.29, 1.82) is 5.26 Å². The first-order valence-electron chi connectivity index (χ1n) is 10.7. The van der Waals surface area contributed by atoms with E-state index >= 15 is 0 Å². The van der Waals surface area contributed by atoms with E-state index in [4.69, 9.17) is 10.00 Å². The fourth-order valence-electron chi connectivity index (χ4n) is 4.06. The lowest BCUT2D eigenvalue weighted by Crippen LogP contribution is -2.24. The third-order valence-electron chi connectivity index (χ3n) is 5.73. The zero-order valence-electron chi connectivity index (χ0n) is 17.5.